The van der Waals surface area contributed by atoms with E-state index in [0.717, 1.165) is 0 Å². The van der Waals surface area contributed by atoms with Gasteiger partial charge in [0.15, 0.2) is 0 Å². The molecule has 0 heterocycles. The van der Waals surface area contributed by atoms with Crippen LogP contribution in [0.2, 0.25) is 0 Å². The zero-order chi connectivity index (χ0) is 4.50. The van der Waals surface area contributed by atoms with Crippen molar-refractivity contribution in [3.8, 4) is 0 Å². The van der Waals surface area contributed by atoms with E-state index in [1.807, 2.05) is 0 Å². The van der Waals surface area contributed by atoms with Gasteiger partial charge in [0.25, 0.3) is 0 Å². The molecule has 0 saturated heterocycles. The molecule has 0 atom stereocenters. The van der Waals surface area contributed by atoms with E-state index >= 15 is 0 Å². The summed E-state index contributed by atoms with van der Waals surface area (Å²) in [5.41, 5.74) is 0. The molecule has 2 N–H and O–H groups in total. The standard InChI is InChI=1S/Co.Cu.2Ni.H2O4S/c;;;;1-5(2,3)4/h;;;;(H2,1,2,3,4). The molecular formula is H2CoCuNi2O4S. The minimum atomic E-state index is -4.67. The normalized spacial score (nSPS) is 6.44. The molecule has 0 aromatic carbocycles. The fourth-order valence-electron chi connectivity index (χ4n) is 0. The van der Waals surface area contributed by atoms with Crippen molar-refractivity contribution < 1.29 is 84.4 Å². The van der Waals surface area contributed by atoms with Crippen LogP contribution in [0.25, 0.3) is 0 Å². The van der Waals surface area contributed by atoms with Gasteiger partial charge >= 0.3 is 10.4 Å². The Bertz CT molecular complexity index is 102. The van der Waals surface area contributed by atoms with E-state index in [9.17, 15) is 0 Å². The second-order valence-corrected chi connectivity index (χ2v) is 1.34. The summed E-state index contributed by atoms with van der Waals surface area (Å²) in [5, 5.41) is 0. The van der Waals surface area contributed by atoms with Crippen molar-refractivity contribution in [2.75, 3.05) is 0 Å². The summed E-state index contributed by atoms with van der Waals surface area (Å²) in [4.78, 5) is 0. The molecular weight excluding hydrogens is 336 g/mol. The van der Waals surface area contributed by atoms with Crippen LogP contribution in [0, 0.1) is 0 Å². The van der Waals surface area contributed by atoms with Crippen molar-refractivity contribution in [2.24, 2.45) is 0 Å². The summed E-state index contributed by atoms with van der Waals surface area (Å²) < 4.78 is 31.6. The molecule has 0 fully saturated rings. The van der Waals surface area contributed by atoms with Crippen LogP contribution in [0.3, 0.4) is 0 Å². The summed E-state index contributed by atoms with van der Waals surface area (Å²) in [5.74, 6) is 0. The van der Waals surface area contributed by atoms with Crippen molar-refractivity contribution in [2.45, 2.75) is 0 Å². The molecule has 0 bridgehead atoms. The average molecular weight is 338 g/mol. The van der Waals surface area contributed by atoms with E-state index in [-0.39, 0.29) is 66.8 Å². The van der Waals surface area contributed by atoms with Crippen molar-refractivity contribution in [1.82, 2.24) is 0 Å². The molecule has 0 aromatic rings. The molecule has 4 nitrogen and oxygen atoms in total. The van der Waals surface area contributed by atoms with Crippen LogP contribution < -0.4 is 0 Å². The molecule has 0 rings (SSSR count). The summed E-state index contributed by atoms with van der Waals surface area (Å²) >= 11 is 0. The second kappa shape index (κ2) is 12.5. The van der Waals surface area contributed by atoms with Crippen molar-refractivity contribution >= 4 is 10.4 Å². The molecule has 0 aliphatic heterocycles. The van der Waals surface area contributed by atoms with Crippen molar-refractivity contribution in [3.63, 3.8) is 0 Å². The average Bonchev–Trinajstić information content (AvgIpc) is 0.722. The molecule has 9 heteroatoms. The fraction of sp³-hybridized carbons (Fsp3) is 0. The predicted molar refractivity (Wildman–Crippen MR) is 14.2 cm³/mol. The summed E-state index contributed by atoms with van der Waals surface area (Å²) in [7, 11) is -4.67. The van der Waals surface area contributed by atoms with Gasteiger partial charge in [-0.1, -0.05) is 0 Å². The van der Waals surface area contributed by atoms with E-state index in [2.05, 4.69) is 0 Å². The SMILES string of the molecule is O=S(=O)(O)O.[Co].[Cu].[Ni].[Ni]. The van der Waals surface area contributed by atoms with Gasteiger partial charge in [0.05, 0.1) is 0 Å². The Morgan fingerprint density at radius 3 is 1.00 bits per heavy atom. The van der Waals surface area contributed by atoms with Gasteiger partial charge in [-0.2, -0.15) is 8.42 Å². The van der Waals surface area contributed by atoms with Crippen molar-refractivity contribution in [3.05, 3.63) is 0 Å². The van der Waals surface area contributed by atoms with E-state index in [1.165, 1.54) is 0 Å². The molecule has 2 radical (unpaired) electrons. The predicted octanol–water partition coefficient (Wildman–Crippen LogP) is -0.663. The summed E-state index contributed by atoms with van der Waals surface area (Å²) in [6, 6.07) is 0. The van der Waals surface area contributed by atoms with Gasteiger partial charge in [-0.15, -0.1) is 0 Å². The van der Waals surface area contributed by atoms with Gasteiger partial charge in [-0.25, -0.2) is 0 Å². The first-order chi connectivity index (χ1) is 2.00. The van der Waals surface area contributed by atoms with Gasteiger partial charge < -0.3 is 0 Å². The van der Waals surface area contributed by atoms with Crippen LogP contribution in [-0.2, 0) is 77.2 Å². The number of rotatable bonds is 0. The third-order valence-electron chi connectivity index (χ3n) is 0. The molecule has 0 saturated carbocycles. The Balaban J connectivity index is -0.0000000133. The zero-order valence-corrected chi connectivity index (χ0v) is 8.16. The van der Waals surface area contributed by atoms with Crippen LogP contribution >= 0.6 is 0 Å². The first-order valence-corrected chi connectivity index (χ1v) is 2.10. The molecule has 72 valence electrons. The molecule has 0 aromatic heterocycles. The third-order valence-corrected chi connectivity index (χ3v) is 0. The largest absolute Gasteiger partial charge is 0.394 e. The Kier molecular flexibility index (Phi) is 42.8. The van der Waals surface area contributed by atoms with Gasteiger partial charge in [0.1, 0.15) is 0 Å². The van der Waals surface area contributed by atoms with E-state index < -0.39 is 10.4 Å². The Hall–Kier alpha value is 1.88. The first-order valence-electron chi connectivity index (χ1n) is 0.698. The third kappa shape index (κ3) is 173. The van der Waals surface area contributed by atoms with Gasteiger partial charge in [0.2, 0.25) is 0 Å². The van der Waals surface area contributed by atoms with E-state index in [1.54, 1.807) is 0 Å². The minimum absolute atomic E-state index is 0. The molecule has 0 aliphatic carbocycles. The maximum Gasteiger partial charge on any atom is 0.394 e. The first kappa shape index (κ1) is 30.7. The smallest absolute Gasteiger partial charge is 0.264 e. The maximum atomic E-state index is 8.74. The summed E-state index contributed by atoms with van der Waals surface area (Å²) in [6.07, 6.45) is 0. The Morgan fingerprint density at radius 2 is 1.00 bits per heavy atom. The number of hydrogen-bond acceptors (Lipinski definition) is 2. The minimum Gasteiger partial charge on any atom is -0.264 e. The van der Waals surface area contributed by atoms with Crippen LogP contribution in [0.1, 0.15) is 0 Å². The van der Waals surface area contributed by atoms with Crippen LogP contribution in [-0.4, -0.2) is 17.5 Å². The molecule has 9 heavy (non-hydrogen) atoms. The second-order valence-electron chi connectivity index (χ2n) is 0.448. The molecule has 0 unspecified atom stereocenters. The van der Waals surface area contributed by atoms with Crippen LogP contribution in [0.5, 0.6) is 0 Å². The quantitative estimate of drug-likeness (QED) is 0.454. The maximum absolute atomic E-state index is 8.74. The molecule has 0 spiro atoms. The Morgan fingerprint density at radius 1 is 1.00 bits per heavy atom. The van der Waals surface area contributed by atoms with Gasteiger partial charge in [0, 0.05) is 66.8 Å². The van der Waals surface area contributed by atoms with E-state index in [4.69, 9.17) is 17.5 Å². The molecule has 0 amide bonds. The fourth-order valence-corrected chi connectivity index (χ4v) is 0. The van der Waals surface area contributed by atoms with E-state index in [0.29, 0.717) is 0 Å². The van der Waals surface area contributed by atoms with Gasteiger partial charge in [-0.3, -0.25) is 9.11 Å². The Labute approximate surface area is 94.0 Å². The number of hydrogen-bond donors (Lipinski definition) is 2. The zero-order valence-electron chi connectivity index (χ0n) is 3.39. The monoisotopic (exact) mass is 336 g/mol. The van der Waals surface area contributed by atoms with Crippen molar-refractivity contribution in [1.29, 1.82) is 0 Å². The van der Waals surface area contributed by atoms with Crippen LogP contribution in [0.15, 0.2) is 0 Å². The molecule has 0 aliphatic rings. The van der Waals surface area contributed by atoms with Gasteiger partial charge in [-0.05, 0) is 0 Å². The summed E-state index contributed by atoms with van der Waals surface area (Å²) in [6.45, 7) is 0. The van der Waals surface area contributed by atoms with Crippen LogP contribution in [0.4, 0.5) is 0 Å². The topological polar surface area (TPSA) is 74.6 Å².